The van der Waals surface area contributed by atoms with Gasteiger partial charge >= 0.3 is 0 Å². The average molecular weight is 346 g/mol. The second-order valence-electron chi connectivity index (χ2n) is 6.06. The number of terminal acetylenes is 1. The van der Waals surface area contributed by atoms with Crippen molar-refractivity contribution in [3.05, 3.63) is 36.0 Å². The third-order valence-electron chi connectivity index (χ3n) is 4.20. The molecule has 0 aromatic carbocycles. The van der Waals surface area contributed by atoms with Gasteiger partial charge < -0.3 is 5.73 Å². The predicted octanol–water partition coefficient (Wildman–Crippen LogP) is 5.07. The van der Waals surface area contributed by atoms with Crippen LogP contribution in [0.3, 0.4) is 0 Å². The van der Waals surface area contributed by atoms with E-state index in [0.717, 1.165) is 6.42 Å². The topological polar surface area (TPSA) is 50.7 Å². The Morgan fingerprint density at radius 2 is 2.12 bits per heavy atom. The summed E-state index contributed by atoms with van der Waals surface area (Å²) in [6, 6.07) is 0. The van der Waals surface area contributed by atoms with Gasteiger partial charge in [0.1, 0.15) is 5.83 Å². The summed E-state index contributed by atoms with van der Waals surface area (Å²) in [5, 5.41) is 0. The van der Waals surface area contributed by atoms with Crippen molar-refractivity contribution in [3.63, 3.8) is 0 Å². The summed E-state index contributed by atoms with van der Waals surface area (Å²) < 4.78 is 14.6. The van der Waals surface area contributed by atoms with Crippen LogP contribution in [0.4, 0.5) is 4.39 Å². The number of hydrogen-bond donors (Lipinski definition) is 1. The van der Waals surface area contributed by atoms with Crippen molar-refractivity contribution < 1.29 is 4.39 Å². The zero-order valence-corrected chi connectivity index (χ0v) is 15.8. The van der Waals surface area contributed by atoms with E-state index in [1.54, 1.807) is 19.2 Å². The van der Waals surface area contributed by atoms with E-state index in [4.69, 9.17) is 12.2 Å². The Labute approximate surface area is 152 Å². The van der Waals surface area contributed by atoms with Crippen LogP contribution in [0.2, 0.25) is 0 Å². The van der Waals surface area contributed by atoms with Crippen LogP contribution in [-0.4, -0.2) is 19.5 Å². The summed E-state index contributed by atoms with van der Waals surface area (Å²) in [4.78, 5) is 7.99. The summed E-state index contributed by atoms with van der Waals surface area (Å²) in [7, 11) is 0. The lowest BCUT2D eigenvalue weighted by Crippen LogP contribution is -2.08. The highest BCUT2D eigenvalue weighted by molar-refractivity contribution is 5.59. The zero-order valence-electron chi connectivity index (χ0n) is 15.8. The second kappa shape index (κ2) is 14.4. The molecule has 0 aliphatic carbocycles. The minimum absolute atomic E-state index is 0.210. The van der Waals surface area contributed by atoms with Crippen molar-refractivity contribution in [2.24, 2.45) is 33.5 Å². The maximum atomic E-state index is 14.6. The van der Waals surface area contributed by atoms with Crippen molar-refractivity contribution in [2.45, 2.75) is 46.5 Å². The average Bonchev–Trinajstić information content (AvgIpc) is 2.62. The van der Waals surface area contributed by atoms with Crippen LogP contribution < -0.4 is 5.73 Å². The van der Waals surface area contributed by atoms with Crippen LogP contribution in [-0.2, 0) is 0 Å². The fraction of sp³-hybridized carbons (Fsp3) is 0.524. The first-order chi connectivity index (χ1) is 12.0. The summed E-state index contributed by atoms with van der Waals surface area (Å²) in [6.45, 7) is 10.0. The third-order valence-corrected chi connectivity index (χ3v) is 4.20. The van der Waals surface area contributed by atoms with E-state index in [2.05, 4.69) is 42.5 Å². The molecule has 25 heavy (non-hydrogen) atoms. The SMILES string of the molecule is C#CCC=CC(C/C=C(/F)C(C)C(=C/N=C)/N=C\CCN)C(C)CC. The normalized spacial score (nSPS) is 16.8. The molecule has 0 aromatic heterocycles. The Kier molecular flexibility index (Phi) is 13.2. The number of aliphatic imine (C=N–C) groups is 2. The molecule has 0 fully saturated rings. The van der Waals surface area contributed by atoms with Crippen molar-refractivity contribution in [3.8, 4) is 12.3 Å². The molecule has 0 aliphatic heterocycles. The van der Waals surface area contributed by atoms with Crippen molar-refractivity contribution in [1.29, 1.82) is 0 Å². The van der Waals surface area contributed by atoms with Crippen LogP contribution >= 0.6 is 0 Å². The molecule has 3 nitrogen and oxygen atoms in total. The van der Waals surface area contributed by atoms with Gasteiger partial charge in [0.05, 0.1) is 11.6 Å². The van der Waals surface area contributed by atoms with Crippen LogP contribution in [0.1, 0.15) is 46.5 Å². The van der Waals surface area contributed by atoms with E-state index < -0.39 is 5.92 Å². The van der Waals surface area contributed by atoms with Crippen LogP contribution in [0, 0.1) is 30.1 Å². The highest BCUT2D eigenvalue weighted by atomic mass is 19.1. The number of halogens is 1. The van der Waals surface area contributed by atoms with E-state index in [1.165, 1.54) is 6.20 Å². The van der Waals surface area contributed by atoms with Gasteiger partial charge in [-0.2, -0.15) is 0 Å². The molecule has 0 spiro atoms. The molecule has 0 aliphatic rings. The quantitative estimate of drug-likeness (QED) is 0.300. The van der Waals surface area contributed by atoms with Gasteiger partial charge in [-0.25, -0.2) is 4.39 Å². The predicted molar refractivity (Wildman–Crippen MR) is 108 cm³/mol. The standard InChI is InChI=1S/C21H32FN3/c1-6-8-9-11-19(17(3)7-2)12-13-20(22)18(4)21(16-24-5)25-15-10-14-23/h1,9,11,13,15-19H,5,7-8,10,12,14,23H2,2-4H3/b11-9?,20-13+,21-16-,25-15-. The molecule has 0 rings (SSSR count). The lowest BCUT2D eigenvalue weighted by Gasteiger charge is -2.18. The molecule has 3 unspecified atom stereocenters. The number of nitrogens with zero attached hydrogens (tertiary/aromatic N) is 2. The van der Waals surface area contributed by atoms with E-state index in [9.17, 15) is 4.39 Å². The minimum Gasteiger partial charge on any atom is -0.330 e. The van der Waals surface area contributed by atoms with Gasteiger partial charge in [0.25, 0.3) is 0 Å². The van der Waals surface area contributed by atoms with E-state index in [-0.39, 0.29) is 11.7 Å². The fourth-order valence-corrected chi connectivity index (χ4v) is 2.28. The van der Waals surface area contributed by atoms with E-state index in [0.29, 0.717) is 37.4 Å². The Balaban J connectivity index is 5.12. The van der Waals surface area contributed by atoms with Gasteiger partial charge in [0.15, 0.2) is 0 Å². The Morgan fingerprint density at radius 1 is 1.40 bits per heavy atom. The lowest BCUT2D eigenvalue weighted by molar-refractivity contribution is 0.413. The largest absolute Gasteiger partial charge is 0.330 e. The van der Waals surface area contributed by atoms with Gasteiger partial charge in [0.2, 0.25) is 0 Å². The van der Waals surface area contributed by atoms with Gasteiger partial charge in [-0.1, -0.05) is 45.4 Å². The summed E-state index contributed by atoms with van der Waals surface area (Å²) in [5.41, 5.74) is 5.99. The first kappa shape index (κ1) is 23.0. The summed E-state index contributed by atoms with van der Waals surface area (Å²) in [6.07, 6.45) is 17.1. The number of rotatable bonds is 12. The van der Waals surface area contributed by atoms with Crippen LogP contribution in [0.25, 0.3) is 0 Å². The molecular weight excluding hydrogens is 313 g/mol. The molecule has 0 saturated carbocycles. The molecule has 0 amide bonds. The molecule has 0 saturated heterocycles. The summed E-state index contributed by atoms with van der Waals surface area (Å²) >= 11 is 0. The number of allylic oxidation sites excluding steroid dienone is 4. The van der Waals surface area contributed by atoms with Gasteiger partial charge in [-0.3, -0.25) is 9.98 Å². The number of nitrogens with two attached hydrogens (primary N) is 1. The minimum atomic E-state index is -0.466. The summed E-state index contributed by atoms with van der Waals surface area (Å²) in [5.74, 6) is 2.64. The van der Waals surface area contributed by atoms with E-state index in [1.807, 2.05) is 6.08 Å². The maximum absolute atomic E-state index is 14.6. The maximum Gasteiger partial charge on any atom is 0.105 e. The van der Waals surface area contributed by atoms with Crippen LogP contribution in [0.15, 0.2) is 45.9 Å². The van der Waals surface area contributed by atoms with Crippen molar-refractivity contribution in [2.75, 3.05) is 6.54 Å². The van der Waals surface area contributed by atoms with Gasteiger partial charge in [-0.15, -0.1) is 12.3 Å². The molecule has 138 valence electrons. The zero-order chi connectivity index (χ0) is 19.1. The smallest absolute Gasteiger partial charge is 0.105 e. The van der Waals surface area contributed by atoms with Gasteiger partial charge in [-0.05, 0) is 37.9 Å². The molecule has 3 atom stereocenters. The molecule has 0 radical (unpaired) electrons. The monoisotopic (exact) mass is 345 g/mol. The molecule has 0 heterocycles. The molecular formula is C21H32FN3. The Morgan fingerprint density at radius 3 is 2.68 bits per heavy atom. The van der Waals surface area contributed by atoms with Crippen molar-refractivity contribution >= 4 is 12.9 Å². The first-order valence-electron chi connectivity index (χ1n) is 8.85. The molecule has 4 heteroatoms. The first-order valence-corrected chi connectivity index (χ1v) is 8.85. The number of hydrogen-bond acceptors (Lipinski definition) is 3. The third kappa shape index (κ3) is 9.79. The second-order valence-corrected chi connectivity index (χ2v) is 6.06. The molecule has 2 N–H and O–H groups in total. The Bertz CT molecular complexity index is 538. The van der Waals surface area contributed by atoms with E-state index >= 15 is 0 Å². The Hall–Kier alpha value is -1.99. The molecule has 0 bridgehead atoms. The lowest BCUT2D eigenvalue weighted by atomic mass is 9.88. The van der Waals surface area contributed by atoms with Gasteiger partial charge in [0, 0.05) is 18.8 Å². The van der Waals surface area contributed by atoms with Crippen LogP contribution in [0.5, 0.6) is 0 Å². The highest BCUT2D eigenvalue weighted by Gasteiger charge is 2.16. The highest BCUT2D eigenvalue weighted by Crippen LogP contribution is 2.26. The van der Waals surface area contributed by atoms with Crippen molar-refractivity contribution in [1.82, 2.24) is 0 Å². The fourth-order valence-electron chi connectivity index (χ4n) is 2.28. The molecule has 0 aromatic rings.